The molecule has 0 aliphatic heterocycles. The molecule has 5 nitrogen and oxygen atoms in total. The fraction of sp³-hybridized carbons (Fsp3) is 0.333. The highest BCUT2D eigenvalue weighted by atomic mass is 19.2. The van der Waals surface area contributed by atoms with Crippen LogP contribution in [0.25, 0.3) is 0 Å². The monoisotopic (exact) mass is 348 g/mol. The summed E-state index contributed by atoms with van der Waals surface area (Å²) < 4.78 is 26.4. The molecule has 1 aliphatic rings. The van der Waals surface area contributed by atoms with Gasteiger partial charge in [0.05, 0.1) is 11.0 Å². The molecule has 25 heavy (non-hydrogen) atoms. The zero-order valence-corrected chi connectivity index (χ0v) is 13.4. The Labute approximate surface area is 143 Å². The number of nitro benzene ring substituents is 1. The summed E-state index contributed by atoms with van der Waals surface area (Å²) in [6.07, 6.45) is 0.898. The maximum absolute atomic E-state index is 13.4. The molecule has 0 radical (unpaired) electrons. The van der Waals surface area contributed by atoms with Crippen LogP contribution in [0.15, 0.2) is 42.5 Å². The summed E-state index contributed by atoms with van der Waals surface area (Å²) >= 11 is 0. The molecular formula is C18H18F2N2O3. The van der Waals surface area contributed by atoms with Crippen LogP contribution in [0.5, 0.6) is 0 Å². The lowest BCUT2D eigenvalue weighted by molar-refractivity contribution is -0.385. The molecule has 0 bridgehead atoms. The number of hydrogen-bond acceptors (Lipinski definition) is 4. The van der Waals surface area contributed by atoms with E-state index in [2.05, 4.69) is 0 Å². The molecule has 0 heterocycles. The van der Waals surface area contributed by atoms with Crippen LogP contribution in [0.2, 0.25) is 0 Å². The van der Waals surface area contributed by atoms with Gasteiger partial charge in [0, 0.05) is 30.8 Å². The molecule has 2 aromatic rings. The van der Waals surface area contributed by atoms with E-state index < -0.39 is 22.7 Å². The molecular weight excluding hydrogens is 330 g/mol. The molecule has 1 aliphatic carbocycles. The summed E-state index contributed by atoms with van der Waals surface area (Å²) in [5.74, 6) is -1.97. The van der Waals surface area contributed by atoms with E-state index in [0.29, 0.717) is 12.1 Å². The first-order valence-electron chi connectivity index (χ1n) is 8.05. The first kappa shape index (κ1) is 17.4. The molecule has 2 aromatic carbocycles. The normalized spacial score (nSPS) is 15.4. The molecule has 1 atom stereocenters. The first-order chi connectivity index (χ1) is 12.0. The molecule has 7 heteroatoms. The molecule has 1 fully saturated rings. The van der Waals surface area contributed by atoms with Crippen molar-refractivity contribution in [1.82, 2.24) is 4.90 Å². The summed E-state index contributed by atoms with van der Waals surface area (Å²) in [7, 11) is 0. The fourth-order valence-corrected chi connectivity index (χ4v) is 2.87. The van der Waals surface area contributed by atoms with Crippen molar-refractivity contribution in [3.05, 3.63) is 75.3 Å². The number of benzene rings is 2. The average molecular weight is 348 g/mol. The van der Waals surface area contributed by atoms with E-state index in [-0.39, 0.29) is 23.8 Å². The van der Waals surface area contributed by atoms with Crippen LogP contribution in [-0.4, -0.2) is 27.5 Å². The molecule has 0 spiro atoms. The zero-order chi connectivity index (χ0) is 18.0. The number of aliphatic hydroxyl groups excluding tert-OH is 1. The maximum atomic E-state index is 13.4. The molecule has 0 saturated heterocycles. The smallest absolute Gasteiger partial charge is 0.273 e. The van der Waals surface area contributed by atoms with Gasteiger partial charge in [-0.15, -0.1) is 0 Å². The van der Waals surface area contributed by atoms with Gasteiger partial charge in [-0.2, -0.15) is 0 Å². The molecule has 0 aromatic heterocycles. The Bertz CT molecular complexity index is 781. The van der Waals surface area contributed by atoms with Gasteiger partial charge in [-0.3, -0.25) is 15.0 Å². The topological polar surface area (TPSA) is 66.6 Å². The number of aliphatic hydroxyl groups is 1. The average Bonchev–Trinajstić information content (AvgIpc) is 3.42. The van der Waals surface area contributed by atoms with Gasteiger partial charge in [-0.05, 0) is 30.5 Å². The molecule has 1 unspecified atom stereocenters. The van der Waals surface area contributed by atoms with Gasteiger partial charge in [-0.1, -0.05) is 24.3 Å². The number of halogens is 2. The van der Waals surface area contributed by atoms with Crippen LogP contribution in [-0.2, 0) is 6.54 Å². The summed E-state index contributed by atoms with van der Waals surface area (Å²) in [6.45, 7) is 0.518. The van der Waals surface area contributed by atoms with Crippen molar-refractivity contribution in [2.24, 2.45) is 0 Å². The van der Waals surface area contributed by atoms with Gasteiger partial charge >= 0.3 is 0 Å². The minimum atomic E-state index is -1.01. The lowest BCUT2D eigenvalue weighted by Crippen LogP contribution is -2.30. The van der Waals surface area contributed by atoms with Gasteiger partial charge in [0.15, 0.2) is 11.6 Å². The Morgan fingerprint density at radius 1 is 1.20 bits per heavy atom. The van der Waals surface area contributed by atoms with Crippen LogP contribution in [0.4, 0.5) is 14.5 Å². The van der Waals surface area contributed by atoms with Crippen molar-refractivity contribution in [2.75, 3.05) is 6.54 Å². The van der Waals surface area contributed by atoms with Crippen LogP contribution in [0.3, 0.4) is 0 Å². The Balaban J connectivity index is 1.76. The van der Waals surface area contributed by atoms with Crippen molar-refractivity contribution < 1.29 is 18.8 Å². The van der Waals surface area contributed by atoms with Crippen LogP contribution in [0, 0.1) is 21.7 Å². The van der Waals surface area contributed by atoms with Crippen LogP contribution in [0.1, 0.15) is 30.1 Å². The molecule has 1 N–H and O–H groups in total. The highest BCUT2D eigenvalue weighted by Gasteiger charge is 2.32. The predicted molar refractivity (Wildman–Crippen MR) is 87.8 cm³/mol. The van der Waals surface area contributed by atoms with Gasteiger partial charge in [0.1, 0.15) is 0 Å². The highest BCUT2D eigenvalue weighted by molar-refractivity contribution is 5.39. The number of hydrogen-bond donors (Lipinski definition) is 1. The Morgan fingerprint density at radius 2 is 1.92 bits per heavy atom. The lowest BCUT2D eigenvalue weighted by Gasteiger charge is -2.25. The molecule has 1 saturated carbocycles. The summed E-state index contributed by atoms with van der Waals surface area (Å²) in [4.78, 5) is 12.7. The summed E-state index contributed by atoms with van der Waals surface area (Å²) in [5.41, 5.74) is 0.888. The van der Waals surface area contributed by atoms with Gasteiger partial charge in [0.2, 0.25) is 0 Å². The van der Waals surface area contributed by atoms with E-state index in [0.717, 1.165) is 25.0 Å². The Morgan fingerprint density at radius 3 is 2.56 bits per heavy atom. The third kappa shape index (κ3) is 4.18. The SMILES string of the molecule is O=[N+]([O-])c1ccccc1CN(CC(O)c1ccc(F)c(F)c1)C1CC1. The fourth-order valence-electron chi connectivity index (χ4n) is 2.87. The second-order valence-corrected chi connectivity index (χ2v) is 6.24. The van der Waals surface area contributed by atoms with Gasteiger partial charge in [0.25, 0.3) is 5.69 Å². The number of nitro groups is 1. The number of para-hydroxylation sites is 1. The van der Waals surface area contributed by atoms with Crippen molar-refractivity contribution in [3.8, 4) is 0 Å². The van der Waals surface area contributed by atoms with Crippen molar-refractivity contribution in [3.63, 3.8) is 0 Å². The van der Waals surface area contributed by atoms with E-state index in [4.69, 9.17) is 0 Å². The molecule has 132 valence electrons. The number of rotatable bonds is 7. The zero-order valence-electron chi connectivity index (χ0n) is 13.4. The van der Waals surface area contributed by atoms with E-state index in [9.17, 15) is 24.0 Å². The Hall–Kier alpha value is -2.38. The standard InChI is InChI=1S/C18H18F2N2O3/c19-15-8-5-12(9-16(15)20)18(23)11-21(14-6-7-14)10-13-3-1-2-4-17(13)22(24)25/h1-5,8-9,14,18,23H,6-7,10-11H2. The van der Waals surface area contributed by atoms with E-state index in [1.54, 1.807) is 18.2 Å². The highest BCUT2D eigenvalue weighted by Crippen LogP contribution is 2.32. The third-order valence-corrected chi connectivity index (χ3v) is 4.36. The minimum Gasteiger partial charge on any atom is -0.387 e. The first-order valence-corrected chi connectivity index (χ1v) is 8.05. The van der Waals surface area contributed by atoms with E-state index in [1.807, 2.05) is 4.90 Å². The van der Waals surface area contributed by atoms with Crippen molar-refractivity contribution >= 4 is 5.69 Å². The van der Waals surface area contributed by atoms with E-state index >= 15 is 0 Å². The van der Waals surface area contributed by atoms with Gasteiger partial charge in [-0.25, -0.2) is 8.78 Å². The van der Waals surface area contributed by atoms with E-state index in [1.165, 1.54) is 12.1 Å². The Kier molecular flexibility index (Phi) is 5.06. The predicted octanol–water partition coefficient (Wildman–Crippen LogP) is 3.57. The molecule has 3 rings (SSSR count). The van der Waals surface area contributed by atoms with Crippen LogP contribution < -0.4 is 0 Å². The number of nitrogens with zero attached hydrogens (tertiary/aromatic N) is 2. The quantitative estimate of drug-likeness (QED) is 0.614. The van der Waals surface area contributed by atoms with Crippen LogP contribution >= 0.6 is 0 Å². The lowest BCUT2D eigenvalue weighted by atomic mass is 10.1. The van der Waals surface area contributed by atoms with Crippen molar-refractivity contribution in [1.29, 1.82) is 0 Å². The van der Waals surface area contributed by atoms with Crippen molar-refractivity contribution in [2.45, 2.75) is 31.5 Å². The third-order valence-electron chi connectivity index (χ3n) is 4.36. The summed E-state index contributed by atoms with van der Waals surface area (Å²) in [5, 5.41) is 21.5. The minimum absolute atomic E-state index is 0.0375. The molecule has 0 amide bonds. The maximum Gasteiger partial charge on any atom is 0.273 e. The largest absolute Gasteiger partial charge is 0.387 e. The van der Waals surface area contributed by atoms with Gasteiger partial charge < -0.3 is 5.11 Å². The second-order valence-electron chi connectivity index (χ2n) is 6.24. The second kappa shape index (κ2) is 7.25. The summed E-state index contributed by atoms with van der Waals surface area (Å²) in [6, 6.07) is 10.0.